The van der Waals surface area contributed by atoms with Crippen LogP contribution in [0.5, 0.6) is 0 Å². The molecule has 2 heterocycles. The fourth-order valence-electron chi connectivity index (χ4n) is 3.38. The van der Waals surface area contributed by atoms with Gasteiger partial charge in [0.1, 0.15) is 0 Å². The molecule has 0 aliphatic carbocycles. The molecule has 8 nitrogen and oxygen atoms in total. The maximum absolute atomic E-state index is 13.2. The molecule has 2 N–H and O–H groups in total. The summed E-state index contributed by atoms with van der Waals surface area (Å²) in [6.45, 7) is 3.41. The lowest BCUT2D eigenvalue weighted by molar-refractivity contribution is 0.0946. The lowest BCUT2D eigenvalue weighted by Gasteiger charge is -2.18. The van der Waals surface area contributed by atoms with Crippen molar-refractivity contribution in [2.45, 2.75) is 25.7 Å². The molecule has 0 amide bonds. The average molecular weight is 469 g/mol. The van der Waals surface area contributed by atoms with Crippen LogP contribution in [0.4, 0.5) is 5.95 Å². The Kier molecular flexibility index (Phi) is 5.90. The molecule has 0 aliphatic heterocycles. The highest BCUT2D eigenvalue weighted by atomic mass is 35.5. The topological polar surface area (TPSA) is 116 Å². The first-order chi connectivity index (χ1) is 15.3. The minimum absolute atomic E-state index is 0.0307. The quantitative estimate of drug-likeness (QED) is 0.417. The number of anilines is 1. The third-order valence-corrected chi connectivity index (χ3v) is 5.71. The number of rotatable bonds is 6. The molecule has 2 aromatic heterocycles. The van der Waals surface area contributed by atoms with Crippen LogP contribution >= 0.6 is 23.2 Å². The Hall–Kier alpha value is -3.36. The molecule has 4 rings (SSSR count). The molecule has 10 heteroatoms. The lowest BCUT2D eigenvalue weighted by atomic mass is 9.89. The van der Waals surface area contributed by atoms with Crippen LogP contribution in [-0.2, 0) is 0 Å². The minimum Gasteiger partial charge on any atom is -0.366 e. The largest absolute Gasteiger partial charge is 0.366 e. The van der Waals surface area contributed by atoms with Crippen molar-refractivity contribution >= 4 is 46.5 Å². The first-order valence-electron chi connectivity index (χ1n) is 9.74. The van der Waals surface area contributed by atoms with Gasteiger partial charge in [0.05, 0.1) is 23.2 Å². The number of carbonyl (C=O) groups is 2. The van der Waals surface area contributed by atoms with E-state index in [0.717, 1.165) is 0 Å². The van der Waals surface area contributed by atoms with Gasteiger partial charge in [0.25, 0.3) is 5.78 Å². The van der Waals surface area contributed by atoms with Crippen molar-refractivity contribution in [1.82, 2.24) is 24.8 Å². The first-order valence-corrected chi connectivity index (χ1v) is 10.5. The number of fused-ring (bicyclic) bond motifs is 1. The summed E-state index contributed by atoms with van der Waals surface area (Å²) in [6, 6.07) is 13.1. The van der Waals surface area contributed by atoms with Gasteiger partial charge in [-0.05, 0) is 62.4 Å². The fourth-order valence-corrected chi connectivity index (χ4v) is 3.63. The van der Waals surface area contributed by atoms with Gasteiger partial charge in [-0.25, -0.2) is 4.98 Å². The van der Waals surface area contributed by atoms with E-state index >= 15 is 0 Å². The Balaban J connectivity index is 1.80. The highest BCUT2D eigenvalue weighted by molar-refractivity contribution is 6.31. The lowest BCUT2D eigenvalue weighted by Crippen LogP contribution is -2.21. The Morgan fingerprint density at radius 1 is 0.812 bits per heavy atom. The minimum atomic E-state index is -0.717. The summed E-state index contributed by atoms with van der Waals surface area (Å²) in [6.07, 6.45) is 0. The van der Waals surface area contributed by atoms with E-state index < -0.39 is 11.8 Å². The van der Waals surface area contributed by atoms with Gasteiger partial charge in [-0.3, -0.25) is 9.59 Å². The molecule has 0 fully saturated rings. The van der Waals surface area contributed by atoms with Gasteiger partial charge in [-0.2, -0.15) is 9.61 Å². The molecule has 4 aromatic rings. The second-order valence-electron chi connectivity index (χ2n) is 7.34. The zero-order chi connectivity index (χ0) is 23.0. The van der Waals surface area contributed by atoms with Crippen LogP contribution < -0.4 is 5.73 Å². The van der Waals surface area contributed by atoms with Gasteiger partial charge in [0.15, 0.2) is 11.6 Å². The maximum Gasteiger partial charge on any atom is 0.273 e. The van der Waals surface area contributed by atoms with Crippen molar-refractivity contribution in [2.75, 3.05) is 5.73 Å². The summed E-state index contributed by atoms with van der Waals surface area (Å²) in [5, 5.41) is 13.2. The third-order valence-electron chi connectivity index (χ3n) is 5.20. The number of nitrogens with zero attached hydrogens (tertiary/aromatic N) is 5. The SMILES string of the molecule is C[C@@H](C(=O)c1ccc(Cl)cc1)c1nc2nnc(N)n2nc1[C@@H](C)C(=O)c1ccc(Cl)cc1. The predicted octanol–water partition coefficient (Wildman–Crippen LogP) is 4.38. The number of halogens is 2. The Bertz CT molecular complexity index is 1320. The third kappa shape index (κ3) is 4.06. The number of nitrogens with two attached hydrogens (primary N) is 1. The molecule has 0 spiro atoms. The molecule has 0 aliphatic rings. The molecule has 0 saturated carbocycles. The molecule has 162 valence electrons. The van der Waals surface area contributed by atoms with Gasteiger partial charge in [-0.15, -0.1) is 10.2 Å². The second-order valence-corrected chi connectivity index (χ2v) is 8.21. The second kappa shape index (κ2) is 8.64. The van der Waals surface area contributed by atoms with E-state index in [-0.39, 0.29) is 23.3 Å². The number of hydrogen-bond donors (Lipinski definition) is 1. The summed E-state index contributed by atoms with van der Waals surface area (Å²) in [4.78, 5) is 30.9. The van der Waals surface area contributed by atoms with E-state index in [2.05, 4.69) is 20.3 Å². The van der Waals surface area contributed by atoms with Gasteiger partial charge < -0.3 is 5.73 Å². The summed E-state index contributed by atoms with van der Waals surface area (Å²) in [5.41, 5.74) is 7.43. The highest BCUT2D eigenvalue weighted by Gasteiger charge is 2.30. The van der Waals surface area contributed by atoms with Crippen molar-refractivity contribution < 1.29 is 9.59 Å². The standard InChI is InChI=1S/C22H18Cl2N6O2/c1-11(19(31)13-3-7-15(23)8-4-13)17-18(29-30-21(25)27-28-22(30)26-17)12(2)20(32)14-5-9-16(24)10-6-14/h3-12H,1-2H3,(H2,25,27)/t11-,12-/m1/s1. The Labute approximate surface area is 193 Å². The molecular weight excluding hydrogens is 451 g/mol. The van der Waals surface area contributed by atoms with Crippen LogP contribution in [0, 0.1) is 0 Å². The number of hydrogen-bond acceptors (Lipinski definition) is 7. The van der Waals surface area contributed by atoms with Crippen molar-refractivity contribution in [3.63, 3.8) is 0 Å². The molecule has 2 aromatic carbocycles. The smallest absolute Gasteiger partial charge is 0.273 e. The summed E-state index contributed by atoms with van der Waals surface area (Å²) >= 11 is 11.9. The number of ketones is 2. The number of carbonyl (C=O) groups excluding carboxylic acids is 2. The molecule has 2 atom stereocenters. The molecule has 0 saturated heterocycles. The Morgan fingerprint density at radius 3 is 1.78 bits per heavy atom. The average Bonchev–Trinajstić information content (AvgIpc) is 3.17. The molecule has 0 radical (unpaired) electrons. The molecule has 32 heavy (non-hydrogen) atoms. The van der Waals surface area contributed by atoms with Crippen molar-refractivity contribution in [1.29, 1.82) is 0 Å². The van der Waals surface area contributed by atoms with E-state index in [4.69, 9.17) is 28.9 Å². The van der Waals surface area contributed by atoms with Crippen molar-refractivity contribution in [3.8, 4) is 0 Å². The predicted molar refractivity (Wildman–Crippen MR) is 121 cm³/mol. The molecule has 0 unspecified atom stereocenters. The monoisotopic (exact) mass is 468 g/mol. The number of benzene rings is 2. The molecular formula is C22H18Cl2N6O2. The van der Waals surface area contributed by atoms with E-state index in [9.17, 15) is 9.59 Å². The zero-order valence-electron chi connectivity index (χ0n) is 17.2. The van der Waals surface area contributed by atoms with E-state index in [0.29, 0.717) is 32.6 Å². The van der Waals surface area contributed by atoms with Crippen LogP contribution in [-0.4, -0.2) is 36.4 Å². The number of nitrogen functional groups attached to an aromatic ring is 1. The van der Waals surface area contributed by atoms with Crippen molar-refractivity contribution in [2.24, 2.45) is 0 Å². The number of Topliss-reactive ketones (excluding diaryl/α,β-unsaturated/α-hetero) is 2. The normalized spacial score (nSPS) is 13.1. The van der Waals surface area contributed by atoms with E-state index in [1.165, 1.54) is 4.52 Å². The summed E-state index contributed by atoms with van der Waals surface area (Å²) in [7, 11) is 0. The van der Waals surface area contributed by atoms with E-state index in [1.54, 1.807) is 62.4 Å². The zero-order valence-corrected chi connectivity index (χ0v) is 18.7. The number of aromatic nitrogens is 5. The van der Waals surface area contributed by atoms with Crippen LogP contribution in [0.2, 0.25) is 10.0 Å². The van der Waals surface area contributed by atoms with Gasteiger partial charge >= 0.3 is 0 Å². The van der Waals surface area contributed by atoms with Crippen LogP contribution in [0.15, 0.2) is 48.5 Å². The summed E-state index contributed by atoms with van der Waals surface area (Å²) in [5.74, 6) is -1.65. The first kappa shape index (κ1) is 21.9. The van der Waals surface area contributed by atoms with Gasteiger partial charge in [0, 0.05) is 21.2 Å². The Morgan fingerprint density at radius 2 is 1.28 bits per heavy atom. The van der Waals surface area contributed by atoms with Gasteiger partial charge in [0.2, 0.25) is 5.95 Å². The molecule has 0 bridgehead atoms. The fraction of sp³-hybridized carbons (Fsp3) is 0.182. The summed E-state index contributed by atoms with van der Waals surface area (Å²) < 4.78 is 1.25. The van der Waals surface area contributed by atoms with Crippen molar-refractivity contribution in [3.05, 3.63) is 81.1 Å². The van der Waals surface area contributed by atoms with Crippen LogP contribution in [0.3, 0.4) is 0 Å². The van der Waals surface area contributed by atoms with Gasteiger partial charge in [-0.1, -0.05) is 23.2 Å². The maximum atomic E-state index is 13.2. The van der Waals surface area contributed by atoms with Crippen LogP contribution in [0.25, 0.3) is 5.78 Å². The van der Waals surface area contributed by atoms with E-state index in [1.807, 2.05) is 0 Å². The van der Waals surface area contributed by atoms with Crippen LogP contribution in [0.1, 0.15) is 57.8 Å². The highest BCUT2D eigenvalue weighted by Crippen LogP contribution is 2.29.